The molecule has 1 amide bonds. The van der Waals surface area contributed by atoms with Crippen molar-refractivity contribution in [3.05, 3.63) is 27.7 Å². The number of carbonyl (C=O) groups is 1. The Morgan fingerprint density at radius 1 is 1.44 bits per heavy atom. The third-order valence-corrected chi connectivity index (χ3v) is 3.19. The summed E-state index contributed by atoms with van der Waals surface area (Å²) in [6.07, 6.45) is 0.611. The summed E-state index contributed by atoms with van der Waals surface area (Å²) < 4.78 is 5.03. The van der Waals surface area contributed by atoms with Crippen molar-refractivity contribution in [3.63, 3.8) is 0 Å². The molecule has 0 spiro atoms. The van der Waals surface area contributed by atoms with Gasteiger partial charge in [0.25, 0.3) is 4.82 Å². The Balaban J connectivity index is 2.74. The Hall–Kier alpha value is -0.450. The molecule has 6 heteroatoms. The SMILES string of the molecule is COc1ccc(CCNC(=O)Br)c(Cl)c1Cl. The van der Waals surface area contributed by atoms with E-state index in [0.29, 0.717) is 28.8 Å². The number of nitrogens with one attached hydrogen (secondary N) is 1. The lowest BCUT2D eigenvalue weighted by molar-refractivity contribution is 0.262. The van der Waals surface area contributed by atoms with Crippen LogP contribution in [0.4, 0.5) is 4.79 Å². The molecule has 3 nitrogen and oxygen atoms in total. The largest absolute Gasteiger partial charge is 0.495 e. The summed E-state index contributed by atoms with van der Waals surface area (Å²) in [6, 6.07) is 3.58. The van der Waals surface area contributed by atoms with Gasteiger partial charge < -0.3 is 10.1 Å². The van der Waals surface area contributed by atoms with Crippen LogP contribution in [0, 0.1) is 0 Å². The minimum absolute atomic E-state index is 0.247. The lowest BCUT2D eigenvalue weighted by Gasteiger charge is -2.09. The number of carbonyl (C=O) groups excluding carboxylic acids is 1. The van der Waals surface area contributed by atoms with Crippen LogP contribution in [0.2, 0.25) is 10.0 Å². The number of rotatable bonds is 4. The van der Waals surface area contributed by atoms with Crippen molar-refractivity contribution in [3.8, 4) is 5.75 Å². The topological polar surface area (TPSA) is 38.3 Å². The predicted molar refractivity (Wildman–Crippen MR) is 69.0 cm³/mol. The zero-order valence-corrected chi connectivity index (χ0v) is 11.6. The molecule has 0 aliphatic heterocycles. The van der Waals surface area contributed by atoms with Crippen LogP contribution < -0.4 is 10.1 Å². The maximum absolute atomic E-state index is 10.6. The Morgan fingerprint density at radius 3 is 2.69 bits per heavy atom. The lowest BCUT2D eigenvalue weighted by Crippen LogP contribution is -2.19. The molecule has 0 aliphatic rings. The fraction of sp³-hybridized carbons (Fsp3) is 0.300. The molecule has 16 heavy (non-hydrogen) atoms. The van der Waals surface area contributed by atoms with Gasteiger partial charge in [0.05, 0.1) is 12.1 Å². The second-order valence-electron chi connectivity index (χ2n) is 3.01. The highest BCUT2D eigenvalue weighted by atomic mass is 79.9. The molecule has 0 saturated carbocycles. The number of hydrogen-bond acceptors (Lipinski definition) is 2. The molecule has 1 aromatic carbocycles. The van der Waals surface area contributed by atoms with Crippen LogP contribution in [0.1, 0.15) is 5.56 Å². The van der Waals surface area contributed by atoms with Crippen molar-refractivity contribution in [2.24, 2.45) is 0 Å². The maximum atomic E-state index is 10.6. The van der Waals surface area contributed by atoms with E-state index < -0.39 is 0 Å². The Bertz CT molecular complexity index is 399. The van der Waals surface area contributed by atoms with Gasteiger partial charge >= 0.3 is 0 Å². The molecule has 0 fully saturated rings. The number of ether oxygens (including phenoxy) is 1. The van der Waals surface area contributed by atoms with E-state index in [9.17, 15) is 4.79 Å². The number of hydrogen-bond donors (Lipinski definition) is 1. The summed E-state index contributed by atoms with van der Waals surface area (Å²) in [7, 11) is 1.53. The second kappa shape index (κ2) is 6.33. The molecule has 0 aliphatic carbocycles. The van der Waals surface area contributed by atoms with E-state index in [1.807, 2.05) is 6.07 Å². The molecule has 1 aromatic rings. The average molecular weight is 327 g/mol. The minimum Gasteiger partial charge on any atom is -0.495 e. The van der Waals surface area contributed by atoms with Gasteiger partial charge in [0.2, 0.25) is 0 Å². The van der Waals surface area contributed by atoms with Gasteiger partial charge in [-0.1, -0.05) is 29.3 Å². The number of amides is 1. The number of benzene rings is 1. The summed E-state index contributed by atoms with van der Waals surface area (Å²) in [5.41, 5.74) is 0.869. The van der Waals surface area contributed by atoms with Gasteiger partial charge in [-0.2, -0.15) is 0 Å². The van der Waals surface area contributed by atoms with Crippen molar-refractivity contribution in [2.75, 3.05) is 13.7 Å². The smallest absolute Gasteiger partial charge is 0.287 e. The predicted octanol–water partition coefficient (Wildman–Crippen LogP) is 3.65. The first-order valence-electron chi connectivity index (χ1n) is 4.50. The first kappa shape index (κ1) is 13.6. The highest BCUT2D eigenvalue weighted by molar-refractivity contribution is 9.18. The van der Waals surface area contributed by atoms with Gasteiger partial charge in [0.1, 0.15) is 10.8 Å². The van der Waals surface area contributed by atoms with E-state index in [-0.39, 0.29) is 4.82 Å². The third kappa shape index (κ3) is 3.54. The fourth-order valence-corrected chi connectivity index (χ4v) is 1.93. The summed E-state index contributed by atoms with van der Waals surface area (Å²) >= 11 is 14.8. The highest BCUT2D eigenvalue weighted by Crippen LogP contribution is 2.34. The van der Waals surface area contributed by atoms with Crippen LogP contribution >= 0.6 is 39.1 Å². The molecule has 0 unspecified atom stereocenters. The van der Waals surface area contributed by atoms with Crippen molar-refractivity contribution in [2.45, 2.75) is 6.42 Å². The van der Waals surface area contributed by atoms with Crippen LogP contribution in [0.15, 0.2) is 12.1 Å². The fourth-order valence-electron chi connectivity index (χ4n) is 1.22. The van der Waals surface area contributed by atoms with Gasteiger partial charge in [-0.05, 0) is 18.1 Å². The van der Waals surface area contributed by atoms with E-state index >= 15 is 0 Å². The summed E-state index contributed by atoms with van der Waals surface area (Å²) in [6.45, 7) is 0.493. The van der Waals surface area contributed by atoms with Gasteiger partial charge in [0, 0.05) is 22.5 Å². The van der Waals surface area contributed by atoms with Gasteiger partial charge in [-0.25, -0.2) is 0 Å². The molecule has 88 valence electrons. The van der Waals surface area contributed by atoms with Crippen molar-refractivity contribution < 1.29 is 9.53 Å². The first-order valence-corrected chi connectivity index (χ1v) is 6.05. The lowest BCUT2D eigenvalue weighted by atomic mass is 10.1. The Labute approximate surface area is 112 Å². The normalized spacial score (nSPS) is 10.0. The van der Waals surface area contributed by atoms with Crippen LogP contribution in [0.25, 0.3) is 0 Å². The number of halogens is 3. The number of methoxy groups -OCH3 is 1. The van der Waals surface area contributed by atoms with E-state index in [4.69, 9.17) is 27.9 Å². The monoisotopic (exact) mass is 325 g/mol. The van der Waals surface area contributed by atoms with Crippen molar-refractivity contribution in [1.82, 2.24) is 5.32 Å². The molecule has 0 saturated heterocycles. The van der Waals surface area contributed by atoms with Gasteiger partial charge in [-0.3, -0.25) is 4.79 Å². The van der Waals surface area contributed by atoms with Crippen LogP contribution in [0.5, 0.6) is 5.75 Å². The molecule has 0 radical (unpaired) electrons. The van der Waals surface area contributed by atoms with Gasteiger partial charge in [-0.15, -0.1) is 0 Å². The summed E-state index contributed by atoms with van der Waals surface area (Å²) in [5.74, 6) is 0.542. The molecular formula is C10H10BrCl2NO2. The van der Waals surface area contributed by atoms with Crippen LogP contribution in [-0.2, 0) is 6.42 Å². The van der Waals surface area contributed by atoms with E-state index in [1.54, 1.807) is 6.07 Å². The van der Waals surface area contributed by atoms with Gasteiger partial charge in [0.15, 0.2) is 0 Å². The molecular weight excluding hydrogens is 317 g/mol. The molecule has 1 rings (SSSR count). The van der Waals surface area contributed by atoms with E-state index in [0.717, 1.165) is 5.56 Å². The first-order chi connectivity index (χ1) is 7.56. The Kier molecular flexibility index (Phi) is 5.38. The second-order valence-corrected chi connectivity index (χ2v) is 4.48. The highest BCUT2D eigenvalue weighted by Gasteiger charge is 2.10. The zero-order chi connectivity index (χ0) is 12.1. The summed E-state index contributed by atoms with van der Waals surface area (Å²) in [5, 5.41) is 3.47. The molecule has 0 aromatic heterocycles. The molecule has 0 bridgehead atoms. The van der Waals surface area contributed by atoms with E-state index in [1.165, 1.54) is 7.11 Å². The van der Waals surface area contributed by atoms with Crippen LogP contribution in [0.3, 0.4) is 0 Å². The molecule has 0 atom stereocenters. The van der Waals surface area contributed by atoms with Crippen LogP contribution in [-0.4, -0.2) is 18.5 Å². The van der Waals surface area contributed by atoms with Crippen molar-refractivity contribution in [1.29, 1.82) is 0 Å². The van der Waals surface area contributed by atoms with E-state index in [2.05, 4.69) is 21.2 Å². The third-order valence-electron chi connectivity index (χ3n) is 2.01. The standard InChI is InChI=1S/C10H10BrCl2NO2/c1-16-7-3-2-6(8(12)9(7)13)4-5-14-10(11)15/h2-3H,4-5H2,1H3,(H,14,15). The Morgan fingerprint density at radius 2 is 2.12 bits per heavy atom. The average Bonchev–Trinajstić information content (AvgIpc) is 2.24. The molecule has 1 N–H and O–H groups in total. The summed E-state index contributed by atoms with van der Waals surface area (Å²) in [4.78, 5) is 10.4. The maximum Gasteiger partial charge on any atom is 0.287 e. The minimum atomic E-state index is -0.247. The quantitative estimate of drug-likeness (QED) is 0.677. The molecule has 0 heterocycles. The zero-order valence-electron chi connectivity index (χ0n) is 8.52. The van der Waals surface area contributed by atoms with Crippen molar-refractivity contribution >= 4 is 43.9 Å².